The average molecular weight is 502 g/mol. The molecule has 1 atom stereocenters. The number of fused-ring (bicyclic) bond motifs is 1. The van der Waals surface area contributed by atoms with E-state index in [4.69, 9.17) is 9.47 Å². The second-order valence-corrected chi connectivity index (χ2v) is 9.53. The maximum atomic E-state index is 13.4. The fourth-order valence-corrected chi connectivity index (χ4v) is 4.85. The number of aliphatic hydroxyl groups is 1. The average Bonchev–Trinajstić information content (AvgIpc) is 3.45. The number of halogens is 1. The normalized spacial score (nSPS) is 18.3. The molecule has 5 rings (SSSR count). The number of hydrogen-bond donors (Lipinski definition) is 1. The SMILES string of the molecule is CC(C)Oc1ccc(C2/C(=C(/O)c3ccc4c(c3)CCO4)C(=O)C(=O)N2CCc2ccc(F)cc2)cc1. The number of nitrogens with zero attached hydrogens (tertiary/aromatic N) is 1. The summed E-state index contributed by atoms with van der Waals surface area (Å²) in [6.45, 7) is 4.65. The van der Waals surface area contributed by atoms with Gasteiger partial charge in [-0.25, -0.2) is 4.39 Å². The van der Waals surface area contributed by atoms with Gasteiger partial charge in [0, 0.05) is 18.5 Å². The van der Waals surface area contributed by atoms with Crippen molar-refractivity contribution in [3.8, 4) is 11.5 Å². The van der Waals surface area contributed by atoms with Crippen molar-refractivity contribution >= 4 is 17.4 Å². The number of amides is 1. The molecule has 190 valence electrons. The topological polar surface area (TPSA) is 76.1 Å². The zero-order valence-corrected chi connectivity index (χ0v) is 20.7. The molecule has 7 heteroatoms. The van der Waals surface area contributed by atoms with Crippen molar-refractivity contribution < 1.29 is 28.6 Å². The largest absolute Gasteiger partial charge is 0.507 e. The number of rotatable bonds is 7. The second kappa shape index (κ2) is 10.1. The molecule has 0 aromatic heterocycles. The predicted molar refractivity (Wildman–Crippen MR) is 137 cm³/mol. The Hall–Kier alpha value is -4.13. The highest BCUT2D eigenvalue weighted by atomic mass is 19.1. The lowest BCUT2D eigenvalue weighted by Gasteiger charge is -2.25. The molecule has 1 unspecified atom stereocenters. The molecule has 3 aromatic rings. The van der Waals surface area contributed by atoms with Gasteiger partial charge in [-0.2, -0.15) is 0 Å². The van der Waals surface area contributed by atoms with Crippen molar-refractivity contribution in [1.82, 2.24) is 4.90 Å². The molecule has 1 amide bonds. The van der Waals surface area contributed by atoms with E-state index >= 15 is 0 Å². The van der Waals surface area contributed by atoms with Crippen LogP contribution >= 0.6 is 0 Å². The predicted octanol–water partition coefficient (Wildman–Crippen LogP) is 5.21. The molecule has 3 aromatic carbocycles. The van der Waals surface area contributed by atoms with E-state index in [0.29, 0.717) is 36.3 Å². The zero-order chi connectivity index (χ0) is 26.1. The summed E-state index contributed by atoms with van der Waals surface area (Å²) < 4.78 is 24.7. The Kier molecular flexibility index (Phi) is 6.70. The lowest BCUT2D eigenvalue weighted by Crippen LogP contribution is -2.31. The molecule has 0 radical (unpaired) electrons. The van der Waals surface area contributed by atoms with Crippen LogP contribution in [0.4, 0.5) is 4.39 Å². The lowest BCUT2D eigenvalue weighted by atomic mass is 9.94. The first-order valence-corrected chi connectivity index (χ1v) is 12.4. The Balaban J connectivity index is 1.54. The zero-order valence-electron chi connectivity index (χ0n) is 20.7. The van der Waals surface area contributed by atoms with Gasteiger partial charge in [0.15, 0.2) is 0 Å². The lowest BCUT2D eigenvalue weighted by molar-refractivity contribution is -0.139. The summed E-state index contributed by atoms with van der Waals surface area (Å²) in [4.78, 5) is 28.0. The van der Waals surface area contributed by atoms with Crippen molar-refractivity contribution in [2.45, 2.75) is 38.8 Å². The van der Waals surface area contributed by atoms with E-state index in [1.807, 2.05) is 26.0 Å². The van der Waals surface area contributed by atoms with Crippen LogP contribution in [-0.4, -0.2) is 41.0 Å². The number of ketones is 1. The van der Waals surface area contributed by atoms with Crippen LogP contribution in [0.2, 0.25) is 0 Å². The summed E-state index contributed by atoms with van der Waals surface area (Å²) in [5.74, 6) is -0.548. The van der Waals surface area contributed by atoms with Gasteiger partial charge in [-0.1, -0.05) is 24.3 Å². The van der Waals surface area contributed by atoms with Crippen LogP contribution in [-0.2, 0) is 22.4 Å². The highest BCUT2D eigenvalue weighted by Gasteiger charge is 2.46. The molecule has 6 nitrogen and oxygen atoms in total. The summed E-state index contributed by atoms with van der Waals surface area (Å²) in [7, 11) is 0. The molecule has 0 saturated carbocycles. The molecule has 1 saturated heterocycles. The third-order valence-corrected chi connectivity index (χ3v) is 6.63. The summed E-state index contributed by atoms with van der Waals surface area (Å²) in [6.07, 6.45) is 1.13. The molecule has 0 aliphatic carbocycles. The summed E-state index contributed by atoms with van der Waals surface area (Å²) in [6, 6.07) is 17.8. The van der Waals surface area contributed by atoms with Crippen LogP contribution < -0.4 is 9.47 Å². The minimum atomic E-state index is -0.780. The fraction of sp³-hybridized carbons (Fsp3) is 0.267. The minimum absolute atomic E-state index is 0.00372. The van der Waals surface area contributed by atoms with Crippen molar-refractivity contribution in [1.29, 1.82) is 0 Å². The number of carbonyl (C=O) groups excluding carboxylic acids is 2. The van der Waals surface area contributed by atoms with Crippen LogP contribution in [0, 0.1) is 5.82 Å². The van der Waals surface area contributed by atoms with Crippen LogP contribution in [0.1, 0.15) is 42.1 Å². The van der Waals surface area contributed by atoms with E-state index in [-0.39, 0.29) is 29.8 Å². The Morgan fingerprint density at radius 2 is 1.81 bits per heavy atom. The molecule has 1 N–H and O–H groups in total. The molecule has 0 bridgehead atoms. The Morgan fingerprint density at radius 1 is 1.08 bits per heavy atom. The van der Waals surface area contributed by atoms with E-state index in [0.717, 1.165) is 16.9 Å². The van der Waals surface area contributed by atoms with Gasteiger partial charge in [-0.05, 0) is 79.4 Å². The Labute approximate surface area is 214 Å². The summed E-state index contributed by atoms with van der Waals surface area (Å²) in [5.41, 5.74) is 2.97. The molecular formula is C30H28FNO5. The number of ether oxygens (including phenoxy) is 2. The maximum Gasteiger partial charge on any atom is 0.295 e. The van der Waals surface area contributed by atoms with E-state index in [2.05, 4.69) is 0 Å². The highest BCUT2D eigenvalue weighted by Crippen LogP contribution is 2.40. The highest BCUT2D eigenvalue weighted by molar-refractivity contribution is 6.46. The number of hydrogen-bond acceptors (Lipinski definition) is 5. The van der Waals surface area contributed by atoms with Gasteiger partial charge in [0.05, 0.1) is 24.3 Å². The molecule has 1 fully saturated rings. The van der Waals surface area contributed by atoms with E-state index in [9.17, 15) is 19.1 Å². The van der Waals surface area contributed by atoms with Crippen molar-refractivity contribution in [2.24, 2.45) is 0 Å². The molecule has 2 heterocycles. The number of likely N-dealkylation sites (tertiary alicyclic amines) is 1. The van der Waals surface area contributed by atoms with Crippen LogP contribution in [0.15, 0.2) is 72.3 Å². The van der Waals surface area contributed by atoms with Gasteiger partial charge in [0.2, 0.25) is 0 Å². The van der Waals surface area contributed by atoms with Gasteiger partial charge >= 0.3 is 0 Å². The quantitative estimate of drug-likeness (QED) is 0.273. The summed E-state index contributed by atoms with van der Waals surface area (Å²) in [5, 5.41) is 11.4. The van der Waals surface area contributed by atoms with E-state index < -0.39 is 17.7 Å². The number of Topliss-reactive ketones (excluding diaryl/α,β-unsaturated/α-hetero) is 1. The van der Waals surface area contributed by atoms with Crippen molar-refractivity contribution in [2.75, 3.05) is 13.2 Å². The molecule has 0 spiro atoms. The first-order valence-electron chi connectivity index (χ1n) is 12.4. The van der Waals surface area contributed by atoms with Gasteiger partial charge in [0.1, 0.15) is 23.1 Å². The first-order chi connectivity index (χ1) is 17.8. The molecule has 37 heavy (non-hydrogen) atoms. The van der Waals surface area contributed by atoms with Crippen molar-refractivity contribution in [3.05, 3.63) is 100 Å². The van der Waals surface area contributed by atoms with Crippen LogP contribution in [0.3, 0.4) is 0 Å². The van der Waals surface area contributed by atoms with Gasteiger partial charge < -0.3 is 19.5 Å². The summed E-state index contributed by atoms with van der Waals surface area (Å²) >= 11 is 0. The monoisotopic (exact) mass is 501 g/mol. The molecular weight excluding hydrogens is 473 g/mol. The van der Waals surface area contributed by atoms with E-state index in [1.54, 1.807) is 42.5 Å². The van der Waals surface area contributed by atoms with E-state index in [1.165, 1.54) is 17.0 Å². The number of aliphatic hydroxyl groups excluding tert-OH is 1. The smallest absolute Gasteiger partial charge is 0.295 e. The first kappa shape index (κ1) is 24.6. The number of benzene rings is 3. The van der Waals surface area contributed by atoms with Gasteiger partial charge in [0.25, 0.3) is 11.7 Å². The third kappa shape index (κ3) is 4.94. The fourth-order valence-electron chi connectivity index (χ4n) is 4.85. The molecule has 2 aliphatic rings. The second-order valence-electron chi connectivity index (χ2n) is 9.53. The maximum absolute atomic E-state index is 13.4. The third-order valence-electron chi connectivity index (χ3n) is 6.63. The van der Waals surface area contributed by atoms with Gasteiger partial charge in [-0.15, -0.1) is 0 Å². The molecule has 2 aliphatic heterocycles. The van der Waals surface area contributed by atoms with Crippen LogP contribution in [0.5, 0.6) is 11.5 Å². The van der Waals surface area contributed by atoms with Gasteiger partial charge in [-0.3, -0.25) is 9.59 Å². The van der Waals surface area contributed by atoms with Crippen LogP contribution in [0.25, 0.3) is 5.76 Å². The minimum Gasteiger partial charge on any atom is -0.507 e. The number of carbonyl (C=O) groups is 2. The van der Waals surface area contributed by atoms with Crippen molar-refractivity contribution in [3.63, 3.8) is 0 Å². The standard InChI is InChI=1S/C30H28FNO5/c1-18(2)37-24-10-5-20(6-11-24)27-26(28(33)22-7-12-25-21(17-22)14-16-36-25)29(34)30(35)32(27)15-13-19-3-8-23(31)9-4-19/h3-12,17-18,27,33H,13-16H2,1-2H3/b28-26-. The Bertz CT molecular complexity index is 1360. The Morgan fingerprint density at radius 3 is 2.51 bits per heavy atom.